The summed E-state index contributed by atoms with van der Waals surface area (Å²) < 4.78 is 0. The number of halogens is 1. The monoisotopic (exact) mass is 257 g/mol. The van der Waals surface area contributed by atoms with Crippen LogP contribution in [0.2, 0.25) is 5.02 Å². The Kier molecular flexibility index (Phi) is 4.42. The highest BCUT2D eigenvalue weighted by molar-refractivity contribution is 6.34. The summed E-state index contributed by atoms with van der Waals surface area (Å²) in [5.74, 6) is -0.372. The molecule has 0 aliphatic heterocycles. The first-order valence-electron chi connectivity index (χ1n) is 4.96. The van der Waals surface area contributed by atoms with Crippen molar-refractivity contribution in [3.63, 3.8) is 0 Å². The molecule has 0 heterocycles. The second-order valence-electron chi connectivity index (χ2n) is 3.43. The van der Waals surface area contributed by atoms with E-state index in [-0.39, 0.29) is 16.6 Å². The number of anilines is 1. The Morgan fingerprint density at radius 1 is 1.65 bits per heavy atom. The second kappa shape index (κ2) is 5.60. The van der Waals surface area contributed by atoms with Crippen molar-refractivity contribution in [3.8, 4) is 0 Å². The molecule has 17 heavy (non-hydrogen) atoms. The number of benzene rings is 1. The summed E-state index contributed by atoms with van der Waals surface area (Å²) >= 11 is 5.81. The number of nitro benzene ring substituents is 1. The lowest BCUT2D eigenvalue weighted by Gasteiger charge is -2.10. The lowest BCUT2D eigenvalue weighted by atomic mass is 10.2. The van der Waals surface area contributed by atoms with Gasteiger partial charge in [-0.3, -0.25) is 14.9 Å². The normalized spacial score (nSPS) is 11.9. The summed E-state index contributed by atoms with van der Waals surface area (Å²) in [6.07, 6.45) is 0.496. The molecule has 3 N–H and O–H groups in total. The van der Waals surface area contributed by atoms with Gasteiger partial charge in [0, 0.05) is 12.1 Å². The summed E-state index contributed by atoms with van der Waals surface area (Å²) in [6, 6.07) is 3.19. The molecule has 0 aliphatic rings. The molecule has 0 aromatic heterocycles. The summed E-state index contributed by atoms with van der Waals surface area (Å²) in [5.41, 5.74) is 5.71. The fourth-order valence-corrected chi connectivity index (χ4v) is 1.35. The Morgan fingerprint density at radius 3 is 2.76 bits per heavy atom. The molecule has 1 atom stereocenters. The van der Waals surface area contributed by atoms with Gasteiger partial charge in [0.05, 0.1) is 21.7 Å². The topological polar surface area (TPSA) is 98.3 Å². The summed E-state index contributed by atoms with van der Waals surface area (Å²) in [4.78, 5) is 21.4. The highest BCUT2D eigenvalue weighted by Crippen LogP contribution is 2.26. The van der Waals surface area contributed by atoms with Crippen LogP contribution in [0.5, 0.6) is 0 Å². The van der Waals surface area contributed by atoms with Gasteiger partial charge in [0.15, 0.2) is 0 Å². The second-order valence-corrected chi connectivity index (χ2v) is 3.83. The maximum absolute atomic E-state index is 11.5. The molecule has 0 saturated heterocycles. The molecule has 0 spiro atoms. The fourth-order valence-electron chi connectivity index (χ4n) is 1.13. The lowest BCUT2D eigenvalue weighted by Crippen LogP contribution is -2.34. The maximum atomic E-state index is 11.5. The Bertz CT molecular complexity index is 450. The van der Waals surface area contributed by atoms with E-state index in [2.05, 4.69) is 5.32 Å². The van der Waals surface area contributed by atoms with E-state index in [1.807, 2.05) is 0 Å². The van der Waals surface area contributed by atoms with Crippen LogP contribution in [0.3, 0.4) is 0 Å². The van der Waals surface area contributed by atoms with E-state index in [1.54, 1.807) is 6.92 Å². The standard InChI is InChI=1S/C10H12ClN3O3/c1-2-8(12)10(15)13-9-4-3-6(14(16)17)5-7(9)11/h3-5,8H,2,12H2,1H3,(H,13,15). The first kappa shape index (κ1) is 13.4. The van der Waals surface area contributed by atoms with Gasteiger partial charge in [-0.05, 0) is 12.5 Å². The van der Waals surface area contributed by atoms with Gasteiger partial charge >= 0.3 is 0 Å². The van der Waals surface area contributed by atoms with Crippen LogP contribution in [-0.4, -0.2) is 16.9 Å². The van der Waals surface area contributed by atoms with Crippen molar-refractivity contribution in [2.75, 3.05) is 5.32 Å². The molecule has 0 radical (unpaired) electrons. The molecule has 1 unspecified atom stereocenters. The van der Waals surface area contributed by atoms with E-state index in [9.17, 15) is 14.9 Å². The molecule has 92 valence electrons. The Hall–Kier alpha value is -1.66. The third-order valence-electron chi connectivity index (χ3n) is 2.20. The molecule has 1 rings (SSSR count). The predicted octanol–water partition coefficient (Wildman–Crippen LogP) is 1.92. The zero-order valence-corrected chi connectivity index (χ0v) is 9.90. The van der Waals surface area contributed by atoms with Gasteiger partial charge in [-0.1, -0.05) is 18.5 Å². The number of rotatable bonds is 4. The van der Waals surface area contributed by atoms with Gasteiger partial charge in [-0.15, -0.1) is 0 Å². The van der Waals surface area contributed by atoms with Crippen molar-refractivity contribution < 1.29 is 9.72 Å². The third-order valence-corrected chi connectivity index (χ3v) is 2.51. The molecule has 1 amide bonds. The van der Waals surface area contributed by atoms with Gasteiger partial charge in [0.25, 0.3) is 5.69 Å². The average Bonchev–Trinajstić information content (AvgIpc) is 2.30. The Balaban J connectivity index is 2.86. The van der Waals surface area contributed by atoms with Crippen molar-refractivity contribution in [1.82, 2.24) is 0 Å². The van der Waals surface area contributed by atoms with E-state index >= 15 is 0 Å². The number of nitrogens with one attached hydrogen (secondary N) is 1. The van der Waals surface area contributed by atoms with E-state index < -0.39 is 11.0 Å². The molecule has 0 saturated carbocycles. The van der Waals surface area contributed by atoms with Crippen molar-refractivity contribution in [2.45, 2.75) is 19.4 Å². The number of nitrogens with zero attached hydrogens (tertiary/aromatic N) is 1. The van der Waals surface area contributed by atoms with Crippen LogP contribution in [0.4, 0.5) is 11.4 Å². The van der Waals surface area contributed by atoms with Crippen molar-refractivity contribution >= 4 is 28.9 Å². The van der Waals surface area contributed by atoms with Crippen molar-refractivity contribution in [2.24, 2.45) is 5.73 Å². The molecule has 0 aliphatic carbocycles. The lowest BCUT2D eigenvalue weighted by molar-refractivity contribution is -0.384. The molecule has 7 heteroatoms. The van der Waals surface area contributed by atoms with Crippen molar-refractivity contribution in [3.05, 3.63) is 33.3 Å². The minimum atomic E-state index is -0.624. The Labute approximate surface area is 103 Å². The quantitative estimate of drug-likeness (QED) is 0.636. The van der Waals surface area contributed by atoms with E-state index in [4.69, 9.17) is 17.3 Å². The molecular formula is C10H12ClN3O3. The first-order chi connectivity index (χ1) is 7.95. The van der Waals surface area contributed by atoms with Crippen LogP contribution in [-0.2, 0) is 4.79 Å². The largest absolute Gasteiger partial charge is 0.323 e. The number of non-ortho nitro benzene ring substituents is 1. The van der Waals surface area contributed by atoms with E-state index in [0.29, 0.717) is 12.1 Å². The summed E-state index contributed by atoms with van der Waals surface area (Å²) in [6.45, 7) is 1.78. The number of carbonyl (C=O) groups is 1. The van der Waals surface area contributed by atoms with Crippen LogP contribution in [0, 0.1) is 10.1 Å². The minimum absolute atomic E-state index is 0.107. The SMILES string of the molecule is CCC(N)C(=O)Nc1ccc([N+](=O)[O-])cc1Cl. The molecule has 1 aromatic carbocycles. The number of nitrogens with two attached hydrogens (primary N) is 1. The number of nitro groups is 1. The minimum Gasteiger partial charge on any atom is -0.323 e. The smallest absolute Gasteiger partial charge is 0.271 e. The van der Waals surface area contributed by atoms with Crippen LogP contribution in [0.15, 0.2) is 18.2 Å². The van der Waals surface area contributed by atoms with Gasteiger partial charge < -0.3 is 11.1 Å². The fraction of sp³-hybridized carbons (Fsp3) is 0.300. The summed E-state index contributed by atoms with van der Waals surface area (Å²) in [5, 5.41) is 13.1. The number of carbonyl (C=O) groups excluding carboxylic acids is 1. The van der Waals surface area contributed by atoms with Crippen LogP contribution in [0.25, 0.3) is 0 Å². The number of hydrogen-bond acceptors (Lipinski definition) is 4. The van der Waals surface area contributed by atoms with Crippen LogP contribution in [0.1, 0.15) is 13.3 Å². The molecule has 0 fully saturated rings. The van der Waals surface area contributed by atoms with E-state index in [1.165, 1.54) is 18.2 Å². The Morgan fingerprint density at radius 2 is 2.29 bits per heavy atom. The zero-order valence-electron chi connectivity index (χ0n) is 9.14. The molecule has 6 nitrogen and oxygen atoms in total. The highest BCUT2D eigenvalue weighted by Gasteiger charge is 2.14. The van der Waals surface area contributed by atoms with Crippen LogP contribution < -0.4 is 11.1 Å². The maximum Gasteiger partial charge on any atom is 0.271 e. The van der Waals surface area contributed by atoms with Gasteiger partial charge in [-0.25, -0.2) is 0 Å². The highest BCUT2D eigenvalue weighted by atomic mass is 35.5. The molecule has 1 aromatic rings. The molecule has 0 bridgehead atoms. The predicted molar refractivity (Wildman–Crippen MR) is 65.0 cm³/mol. The molecular weight excluding hydrogens is 246 g/mol. The van der Waals surface area contributed by atoms with Crippen LogP contribution >= 0.6 is 11.6 Å². The van der Waals surface area contributed by atoms with Gasteiger partial charge in [-0.2, -0.15) is 0 Å². The summed E-state index contributed by atoms with van der Waals surface area (Å²) in [7, 11) is 0. The van der Waals surface area contributed by atoms with Gasteiger partial charge in [0.2, 0.25) is 5.91 Å². The first-order valence-corrected chi connectivity index (χ1v) is 5.34. The zero-order chi connectivity index (χ0) is 13.0. The van der Waals surface area contributed by atoms with E-state index in [0.717, 1.165) is 0 Å². The third kappa shape index (κ3) is 3.40. The van der Waals surface area contributed by atoms with Gasteiger partial charge in [0.1, 0.15) is 0 Å². The number of hydrogen-bond donors (Lipinski definition) is 2. The number of amides is 1. The average molecular weight is 258 g/mol. The van der Waals surface area contributed by atoms with Crippen molar-refractivity contribution in [1.29, 1.82) is 0 Å².